The fraction of sp³-hybridized carbons (Fsp3) is 0.148. The lowest BCUT2D eigenvalue weighted by atomic mass is 10.2. The largest absolute Gasteiger partial charge is 0.497 e. The van der Waals surface area contributed by atoms with Gasteiger partial charge in [-0.05, 0) is 49.4 Å². The van der Waals surface area contributed by atoms with Crippen LogP contribution < -0.4 is 25.8 Å². The van der Waals surface area contributed by atoms with E-state index in [-0.39, 0.29) is 24.7 Å². The van der Waals surface area contributed by atoms with Crippen molar-refractivity contribution in [2.75, 3.05) is 24.4 Å². The number of amides is 1. The van der Waals surface area contributed by atoms with Gasteiger partial charge in [-0.3, -0.25) is 15.2 Å². The number of nitrogens with two attached hydrogens (primary N) is 1. The first kappa shape index (κ1) is 27.3. The van der Waals surface area contributed by atoms with E-state index < -0.39 is 11.6 Å². The standard InChI is InChI=1S/C27H26ClN7O4/c1-3-38-23(15-34-26-16(12-29)10-17(28)13-33-26)25(30)27(36)35-24-7-5-19(14-32-24)39-22-8-9-31-21-6-4-18(37-2)11-20(21)22/h4-11,13-15,30H,3,12,29H2,1-2H3,(H,33,34)(H,32,35,36)/b23-15+,30-25?. The summed E-state index contributed by atoms with van der Waals surface area (Å²) < 4.78 is 16.8. The van der Waals surface area contributed by atoms with E-state index in [9.17, 15) is 4.79 Å². The van der Waals surface area contributed by atoms with E-state index in [2.05, 4.69) is 25.6 Å². The summed E-state index contributed by atoms with van der Waals surface area (Å²) in [6, 6.07) is 12.1. The molecule has 0 saturated carbocycles. The van der Waals surface area contributed by atoms with Gasteiger partial charge in [0.2, 0.25) is 0 Å². The van der Waals surface area contributed by atoms with E-state index in [1.807, 2.05) is 18.2 Å². The number of carbonyl (C=O) groups is 1. The number of fused-ring (bicyclic) bond motifs is 1. The Labute approximate surface area is 229 Å². The zero-order chi connectivity index (χ0) is 27.8. The molecule has 0 aliphatic carbocycles. The molecule has 5 N–H and O–H groups in total. The van der Waals surface area contributed by atoms with E-state index >= 15 is 0 Å². The predicted molar refractivity (Wildman–Crippen MR) is 149 cm³/mol. The second-order valence-corrected chi connectivity index (χ2v) is 8.39. The van der Waals surface area contributed by atoms with Crippen molar-refractivity contribution in [1.29, 1.82) is 5.41 Å². The van der Waals surface area contributed by atoms with Gasteiger partial charge in [0.1, 0.15) is 28.9 Å². The summed E-state index contributed by atoms with van der Waals surface area (Å²) in [6.07, 6.45) is 5.95. The monoisotopic (exact) mass is 547 g/mol. The Morgan fingerprint density at radius 1 is 1.10 bits per heavy atom. The maximum atomic E-state index is 12.8. The molecule has 0 aliphatic rings. The Hall–Kier alpha value is -4.74. The van der Waals surface area contributed by atoms with Crippen molar-refractivity contribution in [3.63, 3.8) is 0 Å². The van der Waals surface area contributed by atoms with Gasteiger partial charge >= 0.3 is 0 Å². The van der Waals surface area contributed by atoms with E-state index in [0.29, 0.717) is 33.7 Å². The molecule has 0 unspecified atom stereocenters. The highest BCUT2D eigenvalue weighted by Crippen LogP contribution is 2.31. The number of aromatic nitrogens is 3. The second kappa shape index (κ2) is 12.7. The maximum absolute atomic E-state index is 12.8. The molecule has 0 atom stereocenters. The second-order valence-electron chi connectivity index (χ2n) is 7.95. The summed E-state index contributed by atoms with van der Waals surface area (Å²) in [4.78, 5) is 25.5. The third-order valence-electron chi connectivity index (χ3n) is 5.38. The smallest absolute Gasteiger partial charge is 0.278 e. The molecular weight excluding hydrogens is 522 g/mol. The van der Waals surface area contributed by atoms with E-state index in [4.69, 9.17) is 37.0 Å². The van der Waals surface area contributed by atoms with Gasteiger partial charge in [-0.25, -0.2) is 9.97 Å². The SMILES string of the molecule is CCO/C(=C/Nc1ncc(Cl)cc1CN)C(=N)C(=O)Nc1ccc(Oc2ccnc3ccc(OC)cc23)cn1. The number of halogens is 1. The number of nitrogens with one attached hydrogen (secondary N) is 3. The summed E-state index contributed by atoms with van der Waals surface area (Å²) in [5, 5.41) is 15.1. The molecule has 200 valence electrons. The zero-order valence-electron chi connectivity index (χ0n) is 21.2. The molecule has 0 aliphatic heterocycles. The number of anilines is 2. The summed E-state index contributed by atoms with van der Waals surface area (Å²) in [6.45, 7) is 2.18. The van der Waals surface area contributed by atoms with Gasteiger partial charge in [0.25, 0.3) is 5.91 Å². The lowest BCUT2D eigenvalue weighted by Crippen LogP contribution is -2.26. The van der Waals surface area contributed by atoms with E-state index in [1.165, 1.54) is 18.6 Å². The number of pyridine rings is 3. The zero-order valence-corrected chi connectivity index (χ0v) is 22.0. The highest BCUT2D eigenvalue weighted by atomic mass is 35.5. The molecule has 3 heterocycles. The van der Waals surface area contributed by atoms with Gasteiger partial charge in [-0.1, -0.05) is 11.6 Å². The Kier molecular flexibility index (Phi) is 8.87. The fourth-order valence-electron chi connectivity index (χ4n) is 3.49. The lowest BCUT2D eigenvalue weighted by Gasteiger charge is -2.13. The highest BCUT2D eigenvalue weighted by molar-refractivity contribution is 6.47. The van der Waals surface area contributed by atoms with Crippen LogP contribution in [-0.4, -0.2) is 40.3 Å². The first-order valence-electron chi connectivity index (χ1n) is 11.8. The average molecular weight is 548 g/mol. The van der Waals surface area contributed by atoms with Crippen molar-refractivity contribution in [3.8, 4) is 17.2 Å². The molecule has 1 aromatic carbocycles. The summed E-state index contributed by atoms with van der Waals surface area (Å²) in [7, 11) is 1.59. The molecule has 3 aromatic heterocycles. The van der Waals surface area contributed by atoms with Crippen molar-refractivity contribution >= 4 is 45.8 Å². The van der Waals surface area contributed by atoms with Crippen LogP contribution in [0.2, 0.25) is 5.02 Å². The molecule has 4 rings (SSSR count). The normalized spacial score (nSPS) is 11.1. The quantitative estimate of drug-likeness (QED) is 0.151. The molecule has 4 aromatic rings. The molecule has 0 radical (unpaired) electrons. The van der Waals surface area contributed by atoms with Crippen LogP contribution in [0.5, 0.6) is 17.2 Å². The fourth-order valence-corrected chi connectivity index (χ4v) is 3.67. The van der Waals surface area contributed by atoms with Crippen LogP contribution in [0.15, 0.2) is 73.0 Å². The van der Waals surface area contributed by atoms with Crippen molar-refractivity contribution < 1.29 is 19.0 Å². The number of hydrogen-bond acceptors (Lipinski definition) is 10. The summed E-state index contributed by atoms with van der Waals surface area (Å²) in [5.41, 5.74) is 6.75. The molecule has 11 nitrogen and oxygen atoms in total. The number of benzene rings is 1. The Bertz CT molecular complexity index is 1530. The Morgan fingerprint density at radius 2 is 1.92 bits per heavy atom. The molecule has 0 spiro atoms. The minimum Gasteiger partial charge on any atom is -0.497 e. The van der Waals surface area contributed by atoms with Gasteiger partial charge in [0.05, 0.1) is 30.5 Å². The summed E-state index contributed by atoms with van der Waals surface area (Å²) >= 11 is 5.97. The van der Waals surface area contributed by atoms with Crippen LogP contribution >= 0.6 is 11.6 Å². The van der Waals surface area contributed by atoms with Gasteiger partial charge < -0.3 is 30.6 Å². The minimum atomic E-state index is -0.715. The van der Waals surface area contributed by atoms with Crippen molar-refractivity contribution in [2.45, 2.75) is 13.5 Å². The number of carbonyl (C=O) groups excluding carboxylic acids is 1. The Balaban J connectivity index is 1.44. The van der Waals surface area contributed by atoms with Gasteiger partial charge in [0, 0.05) is 36.1 Å². The van der Waals surface area contributed by atoms with Crippen LogP contribution in [0.1, 0.15) is 12.5 Å². The Morgan fingerprint density at radius 3 is 2.64 bits per heavy atom. The number of rotatable bonds is 11. The van der Waals surface area contributed by atoms with Crippen molar-refractivity contribution in [1.82, 2.24) is 15.0 Å². The molecule has 12 heteroatoms. The predicted octanol–water partition coefficient (Wildman–Crippen LogP) is 4.89. The molecule has 39 heavy (non-hydrogen) atoms. The number of nitrogens with zero attached hydrogens (tertiary/aromatic N) is 3. The first-order chi connectivity index (χ1) is 18.9. The topological polar surface area (TPSA) is 157 Å². The average Bonchev–Trinajstić information content (AvgIpc) is 2.96. The van der Waals surface area contributed by atoms with E-state index in [1.54, 1.807) is 44.5 Å². The van der Waals surface area contributed by atoms with Gasteiger partial charge in [-0.2, -0.15) is 0 Å². The molecule has 0 bridgehead atoms. The third kappa shape index (κ3) is 6.78. The lowest BCUT2D eigenvalue weighted by molar-refractivity contribution is -0.110. The number of ether oxygens (including phenoxy) is 3. The van der Waals surface area contributed by atoms with Crippen molar-refractivity contribution in [3.05, 3.63) is 83.6 Å². The van der Waals surface area contributed by atoms with Gasteiger partial charge in [0.15, 0.2) is 11.5 Å². The van der Waals surface area contributed by atoms with Gasteiger partial charge in [-0.15, -0.1) is 0 Å². The molecule has 0 saturated heterocycles. The van der Waals surface area contributed by atoms with Crippen LogP contribution in [-0.2, 0) is 16.1 Å². The first-order valence-corrected chi connectivity index (χ1v) is 12.2. The summed E-state index contributed by atoms with van der Waals surface area (Å²) in [5.74, 6) is 1.66. The number of hydrogen-bond donors (Lipinski definition) is 4. The van der Waals surface area contributed by atoms with Crippen molar-refractivity contribution in [2.24, 2.45) is 5.73 Å². The van der Waals surface area contributed by atoms with Crippen LogP contribution in [0, 0.1) is 5.41 Å². The van der Waals surface area contributed by atoms with E-state index in [0.717, 1.165) is 10.9 Å². The highest BCUT2D eigenvalue weighted by Gasteiger charge is 2.17. The molecule has 0 fully saturated rings. The van der Waals surface area contributed by atoms with Crippen LogP contribution in [0.3, 0.4) is 0 Å². The maximum Gasteiger partial charge on any atom is 0.278 e. The van der Waals surface area contributed by atoms with Crippen LogP contribution in [0.4, 0.5) is 11.6 Å². The number of methoxy groups -OCH3 is 1. The minimum absolute atomic E-state index is 0.00895. The van der Waals surface area contributed by atoms with Crippen LogP contribution in [0.25, 0.3) is 10.9 Å². The third-order valence-corrected chi connectivity index (χ3v) is 5.59. The molecule has 1 amide bonds. The molecular formula is C27H26ClN7O4.